The van der Waals surface area contributed by atoms with Gasteiger partial charge in [0.1, 0.15) is 11.7 Å². The minimum Gasteiger partial charge on any atom is -0.380 e. The number of hydrogen-bond donors (Lipinski definition) is 6. The van der Waals surface area contributed by atoms with E-state index in [9.17, 15) is 18.4 Å². The molecule has 9 unspecified atom stereocenters. The molecule has 11 nitrogen and oxygen atoms in total. The number of halogens is 3. The molecular formula is C24H40ClF2N7O4S. The van der Waals surface area contributed by atoms with E-state index in [1.54, 1.807) is 23.8 Å². The monoisotopic (exact) mass is 595 g/mol. The lowest BCUT2D eigenvalue weighted by atomic mass is 9.70. The number of alkyl halides is 3. The van der Waals surface area contributed by atoms with Crippen LogP contribution in [0.5, 0.6) is 0 Å². The second-order valence-corrected chi connectivity index (χ2v) is 13.1. The van der Waals surface area contributed by atoms with E-state index in [-0.39, 0.29) is 71.1 Å². The van der Waals surface area contributed by atoms with Gasteiger partial charge in [-0.2, -0.15) is 8.78 Å². The number of carbonyl (C=O) groups is 2. The first-order valence-electron chi connectivity index (χ1n) is 13.8. The van der Waals surface area contributed by atoms with Crippen LogP contribution in [-0.2, 0) is 19.1 Å². The zero-order chi connectivity index (χ0) is 27.7. The SMILES string of the molecule is COC1CNC(Cl)CC1C1CC(C)NCC1C(=O)NC1NC2CN(C(=O)C3NCC(OC(F)F)CN3)CC2S1. The first kappa shape index (κ1) is 29.6. The highest BCUT2D eigenvalue weighted by Gasteiger charge is 2.47. The smallest absolute Gasteiger partial charge is 0.345 e. The van der Waals surface area contributed by atoms with Gasteiger partial charge in [0.15, 0.2) is 0 Å². The Morgan fingerprint density at radius 3 is 2.51 bits per heavy atom. The van der Waals surface area contributed by atoms with Crippen LogP contribution in [-0.4, -0.2) is 116 Å². The summed E-state index contributed by atoms with van der Waals surface area (Å²) in [6.45, 7) is 2.04. The largest absolute Gasteiger partial charge is 0.380 e. The molecular weight excluding hydrogens is 556 g/mol. The molecule has 5 aliphatic rings. The highest BCUT2D eigenvalue weighted by atomic mass is 35.5. The Hall–Kier alpha value is -0.840. The highest BCUT2D eigenvalue weighted by molar-refractivity contribution is 8.00. The molecule has 15 heteroatoms. The van der Waals surface area contributed by atoms with Gasteiger partial charge in [-0.25, -0.2) is 0 Å². The Labute approximate surface area is 236 Å². The second-order valence-electron chi connectivity index (χ2n) is 11.2. The average molecular weight is 596 g/mol. The number of hydrogen-bond acceptors (Lipinski definition) is 10. The summed E-state index contributed by atoms with van der Waals surface area (Å²) in [5.74, 6) is 0.0811. The van der Waals surface area contributed by atoms with Crippen molar-refractivity contribution in [2.75, 3.05) is 46.4 Å². The number of nitrogens with zero attached hydrogens (tertiary/aromatic N) is 1. The number of methoxy groups -OCH3 is 1. The summed E-state index contributed by atoms with van der Waals surface area (Å²) >= 11 is 8.09. The molecule has 5 aliphatic heterocycles. The van der Waals surface area contributed by atoms with Crippen LogP contribution in [0.25, 0.3) is 0 Å². The van der Waals surface area contributed by atoms with Crippen LogP contribution in [0, 0.1) is 17.8 Å². The van der Waals surface area contributed by atoms with Crippen LogP contribution < -0.4 is 31.9 Å². The zero-order valence-corrected chi connectivity index (χ0v) is 23.8. The molecule has 5 fully saturated rings. The maximum atomic E-state index is 13.6. The number of carbonyl (C=O) groups excluding carboxylic acids is 2. The van der Waals surface area contributed by atoms with Crippen molar-refractivity contribution in [1.82, 2.24) is 36.8 Å². The van der Waals surface area contributed by atoms with Gasteiger partial charge in [-0.15, -0.1) is 23.4 Å². The third-order valence-electron chi connectivity index (χ3n) is 8.68. The summed E-state index contributed by atoms with van der Waals surface area (Å²) in [5, 5.41) is 19.5. The lowest BCUT2D eigenvalue weighted by Crippen LogP contribution is -2.62. The first-order chi connectivity index (χ1) is 18.7. The van der Waals surface area contributed by atoms with Crippen molar-refractivity contribution < 1.29 is 27.8 Å². The third kappa shape index (κ3) is 6.97. The fourth-order valence-corrected chi connectivity index (χ4v) is 8.39. The normalized spacial score (nSPS) is 42.9. The number of nitrogens with one attached hydrogen (secondary N) is 6. The summed E-state index contributed by atoms with van der Waals surface area (Å²) in [4.78, 5) is 28.3. The predicted molar refractivity (Wildman–Crippen MR) is 143 cm³/mol. The standard InChI is InChI=1S/C24H40ClF2N7O4S/c1-11-3-13(14-4-19(25)29-8-17(14)37-2)15(7-28-11)21(35)33-24-32-16-9-34(10-18(16)39-24)22(36)20-30-5-12(6-31-20)38-23(26)27/h11-20,23-24,28-32H,3-10H2,1-2H3,(H,33,35). The quantitative estimate of drug-likeness (QED) is 0.165. The van der Waals surface area contributed by atoms with Gasteiger partial charge in [-0.3, -0.25) is 30.9 Å². The molecule has 0 aromatic rings. The Morgan fingerprint density at radius 1 is 1.05 bits per heavy atom. The van der Waals surface area contributed by atoms with E-state index in [4.69, 9.17) is 16.3 Å². The predicted octanol–water partition coefficient (Wildman–Crippen LogP) is -0.768. The molecule has 0 saturated carbocycles. The first-order valence-corrected chi connectivity index (χ1v) is 15.1. The molecule has 0 aliphatic carbocycles. The maximum Gasteiger partial charge on any atom is 0.345 e. The average Bonchev–Trinajstić information content (AvgIpc) is 3.47. The lowest BCUT2D eigenvalue weighted by Gasteiger charge is -2.45. The van der Waals surface area contributed by atoms with Crippen molar-refractivity contribution in [2.45, 2.75) is 73.1 Å². The second kappa shape index (κ2) is 13.0. The zero-order valence-electron chi connectivity index (χ0n) is 22.2. The van der Waals surface area contributed by atoms with Crippen molar-refractivity contribution in [2.24, 2.45) is 17.8 Å². The summed E-state index contributed by atoms with van der Waals surface area (Å²) < 4.78 is 35.1. The summed E-state index contributed by atoms with van der Waals surface area (Å²) in [6.07, 6.45) is 0.359. The molecule has 222 valence electrons. The third-order valence-corrected chi connectivity index (χ3v) is 10.4. The molecule has 6 N–H and O–H groups in total. The lowest BCUT2D eigenvalue weighted by molar-refractivity contribution is -0.166. The van der Waals surface area contributed by atoms with Gasteiger partial charge < -0.3 is 25.0 Å². The molecule has 5 heterocycles. The Bertz CT molecular complexity index is 862. The number of piperidine rings is 2. The van der Waals surface area contributed by atoms with E-state index in [1.807, 2.05) is 0 Å². The van der Waals surface area contributed by atoms with Crippen LogP contribution in [0.3, 0.4) is 0 Å². The number of ether oxygens (including phenoxy) is 2. The Morgan fingerprint density at radius 2 is 1.82 bits per heavy atom. The Kier molecular flexibility index (Phi) is 9.87. The maximum absolute atomic E-state index is 13.6. The van der Waals surface area contributed by atoms with Crippen molar-refractivity contribution >= 4 is 35.2 Å². The van der Waals surface area contributed by atoms with Crippen LogP contribution in [0.2, 0.25) is 0 Å². The van der Waals surface area contributed by atoms with E-state index in [0.717, 1.165) is 12.8 Å². The Balaban J connectivity index is 1.12. The van der Waals surface area contributed by atoms with E-state index in [1.165, 1.54) is 0 Å². The van der Waals surface area contributed by atoms with Crippen molar-refractivity contribution in [3.05, 3.63) is 0 Å². The summed E-state index contributed by atoms with van der Waals surface area (Å²) in [7, 11) is 1.72. The molecule has 0 aromatic carbocycles. The van der Waals surface area contributed by atoms with Gasteiger partial charge in [-0.05, 0) is 31.6 Å². The number of amides is 2. The summed E-state index contributed by atoms with van der Waals surface area (Å²) in [6, 6.07) is 0.375. The van der Waals surface area contributed by atoms with Crippen LogP contribution in [0.4, 0.5) is 8.78 Å². The number of thioether (sulfide) groups is 1. The highest BCUT2D eigenvalue weighted by Crippen LogP contribution is 2.38. The van der Waals surface area contributed by atoms with Crippen molar-refractivity contribution in [3.8, 4) is 0 Å². The summed E-state index contributed by atoms with van der Waals surface area (Å²) in [5.41, 5.74) is -0.353. The van der Waals surface area contributed by atoms with Gasteiger partial charge >= 0.3 is 6.61 Å². The van der Waals surface area contributed by atoms with Gasteiger partial charge in [0.2, 0.25) is 5.91 Å². The molecule has 39 heavy (non-hydrogen) atoms. The van der Waals surface area contributed by atoms with E-state index >= 15 is 0 Å². The van der Waals surface area contributed by atoms with Crippen LogP contribution in [0.15, 0.2) is 0 Å². The number of likely N-dealkylation sites (tertiary alicyclic amines) is 1. The van der Waals surface area contributed by atoms with Crippen LogP contribution >= 0.6 is 23.4 Å². The van der Waals surface area contributed by atoms with Gasteiger partial charge in [-0.1, -0.05) is 0 Å². The molecule has 5 rings (SSSR count). The van der Waals surface area contributed by atoms with Gasteiger partial charge in [0.25, 0.3) is 5.91 Å². The number of rotatable bonds is 7. The topological polar surface area (TPSA) is 128 Å². The van der Waals surface area contributed by atoms with Crippen molar-refractivity contribution in [1.29, 1.82) is 0 Å². The fraction of sp³-hybridized carbons (Fsp3) is 0.917. The molecule has 0 radical (unpaired) electrons. The minimum absolute atomic E-state index is 0.0170. The molecule has 0 spiro atoms. The fourth-order valence-electron chi connectivity index (χ4n) is 6.69. The van der Waals surface area contributed by atoms with E-state index < -0.39 is 18.9 Å². The van der Waals surface area contributed by atoms with E-state index in [0.29, 0.717) is 32.2 Å². The minimum atomic E-state index is -2.84. The molecule has 5 saturated heterocycles. The van der Waals surface area contributed by atoms with Gasteiger partial charge in [0.05, 0.1) is 23.6 Å². The number of fused-ring (bicyclic) bond motifs is 1. The molecule has 2 amide bonds. The molecule has 9 atom stereocenters. The molecule has 0 bridgehead atoms. The van der Waals surface area contributed by atoms with E-state index in [2.05, 4.69) is 43.6 Å². The van der Waals surface area contributed by atoms with Gasteiger partial charge in [0, 0.05) is 63.7 Å². The molecule has 0 aromatic heterocycles. The van der Waals surface area contributed by atoms with Crippen molar-refractivity contribution in [3.63, 3.8) is 0 Å². The van der Waals surface area contributed by atoms with Crippen LogP contribution in [0.1, 0.15) is 19.8 Å².